The highest BCUT2D eigenvalue weighted by Gasteiger charge is 2.43. The predicted octanol–water partition coefficient (Wildman–Crippen LogP) is 3.46. The van der Waals surface area contributed by atoms with Gasteiger partial charge in [0.05, 0.1) is 23.8 Å². The second-order valence-electron chi connectivity index (χ2n) is 6.06. The van der Waals surface area contributed by atoms with E-state index in [-0.39, 0.29) is 17.8 Å². The highest BCUT2D eigenvalue weighted by Crippen LogP contribution is 2.36. The monoisotopic (exact) mass is 358 g/mol. The lowest BCUT2D eigenvalue weighted by Gasteiger charge is -2.10. The van der Waals surface area contributed by atoms with Gasteiger partial charge in [0, 0.05) is 5.39 Å². The zero-order valence-corrected chi connectivity index (χ0v) is 13.9. The first-order chi connectivity index (χ1) is 12.6. The van der Waals surface area contributed by atoms with Crippen molar-refractivity contribution in [1.82, 2.24) is 15.2 Å². The Morgan fingerprint density at radius 3 is 2.92 bits per heavy atom. The van der Waals surface area contributed by atoms with Gasteiger partial charge in [-0.1, -0.05) is 6.07 Å². The minimum absolute atomic E-state index is 0.244. The van der Waals surface area contributed by atoms with Crippen LogP contribution in [-0.2, 0) is 4.79 Å². The van der Waals surface area contributed by atoms with Crippen LogP contribution in [0.3, 0.4) is 0 Å². The zero-order chi connectivity index (χ0) is 18.3. The number of anilines is 1. The lowest BCUT2D eigenvalue weighted by Crippen LogP contribution is -2.15. The van der Waals surface area contributed by atoms with Crippen molar-refractivity contribution in [2.45, 2.75) is 19.5 Å². The van der Waals surface area contributed by atoms with Gasteiger partial charge in [-0.25, -0.2) is 13.8 Å². The SMILES string of the molecule is CCOc1cccc(F)c1-c1[nH]nc2nc(NC(=O)C3CC3F)ccc12. The summed E-state index contributed by atoms with van der Waals surface area (Å²) in [6, 6.07) is 7.86. The molecule has 1 saturated carbocycles. The summed E-state index contributed by atoms with van der Waals surface area (Å²) in [4.78, 5) is 16.1. The Morgan fingerprint density at radius 2 is 2.19 bits per heavy atom. The predicted molar refractivity (Wildman–Crippen MR) is 92.1 cm³/mol. The average Bonchev–Trinajstić information content (AvgIpc) is 3.21. The Hall–Kier alpha value is -3.03. The molecule has 26 heavy (non-hydrogen) atoms. The number of pyridine rings is 1. The van der Waals surface area contributed by atoms with Gasteiger partial charge in [0.15, 0.2) is 5.65 Å². The molecule has 1 aliphatic carbocycles. The number of hydrogen-bond acceptors (Lipinski definition) is 4. The number of nitrogens with zero attached hydrogens (tertiary/aromatic N) is 2. The van der Waals surface area contributed by atoms with Gasteiger partial charge in [-0.2, -0.15) is 5.10 Å². The third kappa shape index (κ3) is 2.87. The van der Waals surface area contributed by atoms with E-state index in [2.05, 4.69) is 20.5 Å². The van der Waals surface area contributed by atoms with Crippen molar-refractivity contribution in [3.8, 4) is 17.0 Å². The second kappa shape index (κ2) is 6.36. The van der Waals surface area contributed by atoms with E-state index in [9.17, 15) is 13.6 Å². The van der Waals surface area contributed by atoms with Gasteiger partial charge in [-0.05, 0) is 37.6 Å². The van der Waals surface area contributed by atoms with E-state index in [0.717, 1.165) is 0 Å². The summed E-state index contributed by atoms with van der Waals surface area (Å²) in [6.45, 7) is 2.21. The number of ether oxygens (including phenoxy) is 1. The Kier molecular flexibility index (Phi) is 4.02. The van der Waals surface area contributed by atoms with Crippen LogP contribution in [0.5, 0.6) is 5.75 Å². The molecule has 4 rings (SSSR count). The van der Waals surface area contributed by atoms with E-state index in [1.54, 1.807) is 24.3 Å². The van der Waals surface area contributed by atoms with Crippen molar-refractivity contribution in [2.24, 2.45) is 5.92 Å². The number of aromatic nitrogens is 3. The molecule has 1 aliphatic rings. The first-order valence-electron chi connectivity index (χ1n) is 8.30. The molecule has 0 radical (unpaired) electrons. The van der Waals surface area contributed by atoms with E-state index in [4.69, 9.17) is 4.74 Å². The molecule has 0 aliphatic heterocycles. The molecule has 1 aromatic carbocycles. The van der Waals surface area contributed by atoms with Crippen LogP contribution in [0, 0.1) is 11.7 Å². The molecule has 0 saturated heterocycles. The topological polar surface area (TPSA) is 79.9 Å². The molecule has 134 valence electrons. The van der Waals surface area contributed by atoms with Crippen molar-refractivity contribution in [1.29, 1.82) is 0 Å². The molecule has 2 N–H and O–H groups in total. The fraction of sp³-hybridized carbons (Fsp3) is 0.278. The maximum Gasteiger partial charge on any atom is 0.231 e. The van der Waals surface area contributed by atoms with Gasteiger partial charge in [0.1, 0.15) is 23.6 Å². The third-order valence-electron chi connectivity index (χ3n) is 4.24. The Balaban J connectivity index is 1.69. The first kappa shape index (κ1) is 16.4. The van der Waals surface area contributed by atoms with E-state index in [1.807, 2.05) is 6.92 Å². The molecule has 0 bridgehead atoms. The van der Waals surface area contributed by atoms with E-state index in [1.165, 1.54) is 6.07 Å². The van der Waals surface area contributed by atoms with Crippen LogP contribution in [0.15, 0.2) is 30.3 Å². The lowest BCUT2D eigenvalue weighted by atomic mass is 10.1. The Labute approximate surface area is 147 Å². The van der Waals surface area contributed by atoms with Crippen LogP contribution in [0.1, 0.15) is 13.3 Å². The average molecular weight is 358 g/mol. The maximum absolute atomic E-state index is 14.4. The number of benzene rings is 1. The fourth-order valence-electron chi connectivity index (χ4n) is 2.84. The lowest BCUT2D eigenvalue weighted by molar-refractivity contribution is -0.117. The van der Waals surface area contributed by atoms with Crippen molar-refractivity contribution in [2.75, 3.05) is 11.9 Å². The van der Waals surface area contributed by atoms with Gasteiger partial charge in [0.2, 0.25) is 5.91 Å². The first-order valence-corrected chi connectivity index (χ1v) is 8.30. The third-order valence-corrected chi connectivity index (χ3v) is 4.24. The number of amides is 1. The van der Waals surface area contributed by atoms with Gasteiger partial charge in [0.25, 0.3) is 0 Å². The molecule has 3 aromatic rings. The molecule has 0 spiro atoms. The normalized spacial score (nSPS) is 18.7. The highest BCUT2D eigenvalue weighted by atomic mass is 19.1. The van der Waals surface area contributed by atoms with Gasteiger partial charge in [-0.15, -0.1) is 0 Å². The summed E-state index contributed by atoms with van der Waals surface area (Å²) in [6.07, 6.45) is -0.831. The molecule has 2 aromatic heterocycles. The summed E-state index contributed by atoms with van der Waals surface area (Å²) < 4.78 is 32.9. The molecule has 1 fully saturated rings. The van der Waals surface area contributed by atoms with E-state index >= 15 is 0 Å². The number of rotatable bonds is 5. The van der Waals surface area contributed by atoms with Crippen LogP contribution in [0.4, 0.5) is 14.6 Å². The summed E-state index contributed by atoms with van der Waals surface area (Å²) >= 11 is 0. The number of carbonyl (C=O) groups excluding carboxylic acids is 1. The van der Waals surface area contributed by atoms with E-state index < -0.39 is 23.8 Å². The van der Waals surface area contributed by atoms with Crippen LogP contribution in [0.25, 0.3) is 22.3 Å². The highest BCUT2D eigenvalue weighted by molar-refractivity contribution is 5.97. The Bertz CT molecular complexity index is 988. The van der Waals surface area contributed by atoms with Crippen molar-refractivity contribution in [3.05, 3.63) is 36.1 Å². The fourth-order valence-corrected chi connectivity index (χ4v) is 2.84. The summed E-state index contributed by atoms with van der Waals surface area (Å²) in [5.74, 6) is -0.764. The molecule has 6 nitrogen and oxygen atoms in total. The number of hydrogen-bond donors (Lipinski definition) is 2. The minimum atomic E-state index is -1.08. The Morgan fingerprint density at radius 1 is 1.38 bits per heavy atom. The largest absolute Gasteiger partial charge is 0.493 e. The quantitative estimate of drug-likeness (QED) is 0.732. The minimum Gasteiger partial charge on any atom is -0.493 e. The summed E-state index contributed by atoms with van der Waals surface area (Å²) in [5.41, 5.74) is 1.03. The van der Waals surface area contributed by atoms with Gasteiger partial charge in [-0.3, -0.25) is 9.89 Å². The standard InChI is InChI=1S/C18H16F2N4O2/c1-2-26-13-5-3-4-11(19)15(13)16-9-6-7-14(21-17(9)24-23-16)22-18(25)10-8-12(10)20/h3-7,10,12H,2,8H2,1H3,(H2,21,22,23,24,25). The smallest absolute Gasteiger partial charge is 0.231 e. The van der Waals surface area contributed by atoms with Crippen molar-refractivity contribution < 1.29 is 18.3 Å². The molecule has 8 heteroatoms. The van der Waals surface area contributed by atoms with Crippen LogP contribution < -0.4 is 10.1 Å². The number of nitrogens with one attached hydrogen (secondary N) is 2. The van der Waals surface area contributed by atoms with Crippen LogP contribution in [-0.4, -0.2) is 33.9 Å². The summed E-state index contributed by atoms with van der Waals surface area (Å²) in [5, 5.41) is 10.0. The maximum atomic E-state index is 14.4. The number of halogens is 2. The summed E-state index contributed by atoms with van der Waals surface area (Å²) in [7, 11) is 0. The molecule has 2 atom stereocenters. The number of H-pyrrole nitrogens is 1. The van der Waals surface area contributed by atoms with Gasteiger partial charge < -0.3 is 10.1 Å². The van der Waals surface area contributed by atoms with Crippen LogP contribution >= 0.6 is 0 Å². The number of alkyl halides is 1. The molecule has 1 amide bonds. The molecule has 2 unspecified atom stereocenters. The number of fused-ring (bicyclic) bond motifs is 1. The second-order valence-corrected chi connectivity index (χ2v) is 6.06. The molecular formula is C18H16F2N4O2. The number of aromatic amines is 1. The van der Waals surface area contributed by atoms with Crippen molar-refractivity contribution in [3.63, 3.8) is 0 Å². The zero-order valence-electron chi connectivity index (χ0n) is 13.9. The molecule has 2 heterocycles. The number of carbonyl (C=O) groups is 1. The molecular weight excluding hydrogens is 342 g/mol. The van der Waals surface area contributed by atoms with Crippen LogP contribution in [0.2, 0.25) is 0 Å². The van der Waals surface area contributed by atoms with Crippen molar-refractivity contribution >= 4 is 22.8 Å². The van der Waals surface area contributed by atoms with Gasteiger partial charge >= 0.3 is 0 Å². The van der Waals surface area contributed by atoms with E-state index in [0.29, 0.717) is 29.1 Å².